The number of aromatic nitrogens is 2. The predicted octanol–water partition coefficient (Wildman–Crippen LogP) is 0.800. The average Bonchev–Trinajstić information content (AvgIpc) is 2.94. The van der Waals surface area contributed by atoms with Gasteiger partial charge in [-0.15, -0.1) is 0 Å². The lowest BCUT2D eigenvalue weighted by molar-refractivity contribution is 0.0946. The number of aromatic amines is 1. The number of pyridine rings is 1. The summed E-state index contributed by atoms with van der Waals surface area (Å²) < 4.78 is 0. The van der Waals surface area contributed by atoms with Crippen molar-refractivity contribution in [2.75, 3.05) is 0 Å². The first-order valence-corrected chi connectivity index (χ1v) is 6.80. The van der Waals surface area contributed by atoms with Gasteiger partial charge in [0.1, 0.15) is 11.4 Å². The Morgan fingerprint density at radius 3 is 2.55 bits per heavy atom. The monoisotopic (exact) mass is 302 g/mol. The van der Waals surface area contributed by atoms with Crippen LogP contribution in [0.2, 0.25) is 0 Å². The Bertz CT molecular complexity index is 707. The highest BCUT2D eigenvalue weighted by molar-refractivity contribution is 5.96. The maximum Gasteiger partial charge on any atom is 0.268 e. The van der Waals surface area contributed by atoms with Crippen molar-refractivity contribution in [1.82, 2.24) is 15.3 Å². The molecule has 1 atom stereocenters. The first-order chi connectivity index (χ1) is 10.4. The molecular formula is C15H18N4O3. The molecule has 0 aliphatic carbocycles. The maximum atomic E-state index is 12.0. The second kappa shape index (κ2) is 6.40. The summed E-state index contributed by atoms with van der Waals surface area (Å²) >= 11 is 0. The lowest BCUT2D eigenvalue weighted by atomic mass is 10.1. The fourth-order valence-electron chi connectivity index (χ4n) is 2.10. The van der Waals surface area contributed by atoms with E-state index in [-0.39, 0.29) is 23.8 Å². The minimum absolute atomic E-state index is 0.181. The van der Waals surface area contributed by atoms with Gasteiger partial charge in [-0.2, -0.15) is 0 Å². The average molecular weight is 302 g/mol. The standard InChI is InChI=1S/C15H18N4O3/c1-8-11(9(2)20)4-3-10(18-8)7-17-15(22)13-6-5-12(19-13)14(16)21/h3-6,9,19-20H,7H2,1-2H3,(H2,16,21)(H,17,22). The van der Waals surface area contributed by atoms with Gasteiger partial charge in [0, 0.05) is 11.3 Å². The molecule has 5 N–H and O–H groups in total. The first kappa shape index (κ1) is 15.7. The number of nitrogens with zero attached hydrogens (tertiary/aromatic N) is 1. The lowest BCUT2D eigenvalue weighted by Crippen LogP contribution is -2.24. The fourth-order valence-corrected chi connectivity index (χ4v) is 2.10. The van der Waals surface area contributed by atoms with E-state index in [9.17, 15) is 14.7 Å². The highest BCUT2D eigenvalue weighted by Crippen LogP contribution is 2.15. The SMILES string of the molecule is Cc1nc(CNC(=O)c2ccc(C(N)=O)[nH]2)ccc1C(C)O. The molecule has 116 valence electrons. The Labute approximate surface area is 127 Å². The summed E-state index contributed by atoms with van der Waals surface area (Å²) in [6.07, 6.45) is -0.581. The van der Waals surface area contributed by atoms with E-state index in [2.05, 4.69) is 15.3 Å². The number of rotatable bonds is 5. The van der Waals surface area contributed by atoms with Crippen molar-refractivity contribution < 1.29 is 14.7 Å². The van der Waals surface area contributed by atoms with E-state index in [1.807, 2.05) is 0 Å². The Morgan fingerprint density at radius 2 is 2.00 bits per heavy atom. The summed E-state index contributed by atoms with van der Waals surface area (Å²) in [4.78, 5) is 29.9. The van der Waals surface area contributed by atoms with E-state index in [1.54, 1.807) is 26.0 Å². The first-order valence-electron chi connectivity index (χ1n) is 6.80. The van der Waals surface area contributed by atoms with E-state index < -0.39 is 12.0 Å². The lowest BCUT2D eigenvalue weighted by Gasteiger charge is -2.10. The number of hydrogen-bond acceptors (Lipinski definition) is 4. The molecule has 0 aromatic carbocycles. The Balaban J connectivity index is 2.01. The molecule has 0 radical (unpaired) electrons. The van der Waals surface area contributed by atoms with E-state index in [1.165, 1.54) is 12.1 Å². The number of amides is 2. The number of H-pyrrole nitrogens is 1. The zero-order valence-corrected chi connectivity index (χ0v) is 12.4. The largest absolute Gasteiger partial charge is 0.389 e. The van der Waals surface area contributed by atoms with Gasteiger partial charge in [0.2, 0.25) is 0 Å². The topological polar surface area (TPSA) is 121 Å². The molecule has 2 aromatic heterocycles. The fraction of sp³-hybridized carbons (Fsp3) is 0.267. The van der Waals surface area contributed by atoms with E-state index in [0.717, 1.165) is 11.3 Å². The zero-order valence-electron chi connectivity index (χ0n) is 12.4. The molecule has 0 bridgehead atoms. The number of aliphatic hydroxyl groups is 1. The van der Waals surface area contributed by atoms with Crippen molar-refractivity contribution in [3.63, 3.8) is 0 Å². The summed E-state index contributed by atoms with van der Waals surface area (Å²) in [5.74, 6) is -0.975. The van der Waals surface area contributed by atoms with Crippen molar-refractivity contribution in [2.45, 2.75) is 26.5 Å². The minimum atomic E-state index is -0.620. The van der Waals surface area contributed by atoms with Crippen LogP contribution in [0, 0.1) is 6.92 Å². The summed E-state index contributed by atoms with van der Waals surface area (Å²) in [6, 6.07) is 6.48. The van der Waals surface area contributed by atoms with Gasteiger partial charge in [-0.1, -0.05) is 6.07 Å². The van der Waals surface area contributed by atoms with Crippen LogP contribution < -0.4 is 11.1 Å². The third-order valence-electron chi connectivity index (χ3n) is 3.26. The van der Waals surface area contributed by atoms with Crippen LogP contribution in [0.5, 0.6) is 0 Å². The minimum Gasteiger partial charge on any atom is -0.389 e. The van der Waals surface area contributed by atoms with Crippen molar-refractivity contribution in [3.8, 4) is 0 Å². The molecule has 0 fully saturated rings. The van der Waals surface area contributed by atoms with Crippen molar-refractivity contribution in [2.24, 2.45) is 5.73 Å². The molecule has 0 aliphatic heterocycles. The van der Waals surface area contributed by atoms with Crippen molar-refractivity contribution >= 4 is 11.8 Å². The van der Waals surface area contributed by atoms with Crippen LogP contribution >= 0.6 is 0 Å². The molecule has 0 spiro atoms. The van der Waals surface area contributed by atoms with Crippen LogP contribution in [-0.4, -0.2) is 26.9 Å². The third kappa shape index (κ3) is 3.50. The quantitative estimate of drug-likeness (QED) is 0.652. The normalized spacial score (nSPS) is 12.0. The Hall–Kier alpha value is -2.67. The van der Waals surface area contributed by atoms with Gasteiger partial charge in [0.05, 0.1) is 18.3 Å². The van der Waals surface area contributed by atoms with Gasteiger partial charge < -0.3 is 21.1 Å². The van der Waals surface area contributed by atoms with Crippen LogP contribution in [0.4, 0.5) is 0 Å². The van der Waals surface area contributed by atoms with Gasteiger partial charge in [-0.3, -0.25) is 14.6 Å². The van der Waals surface area contributed by atoms with E-state index >= 15 is 0 Å². The van der Waals surface area contributed by atoms with E-state index in [0.29, 0.717) is 5.69 Å². The zero-order chi connectivity index (χ0) is 16.3. The van der Waals surface area contributed by atoms with Gasteiger partial charge in [-0.25, -0.2) is 0 Å². The molecule has 0 saturated carbocycles. The smallest absolute Gasteiger partial charge is 0.268 e. The number of hydrogen-bond donors (Lipinski definition) is 4. The second-order valence-electron chi connectivity index (χ2n) is 4.99. The van der Waals surface area contributed by atoms with Crippen LogP contribution in [0.25, 0.3) is 0 Å². The van der Waals surface area contributed by atoms with Crippen LogP contribution in [0.1, 0.15) is 51.0 Å². The molecule has 2 heterocycles. The molecule has 0 saturated heterocycles. The maximum absolute atomic E-state index is 12.0. The Morgan fingerprint density at radius 1 is 1.32 bits per heavy atom. The number of nitrogens with one attached hydrogen (secondary N) is 2. The number of nitrogens with two attached hydrogens (primary N) is 1. The molecule has 1 unspecified atom stereocenters. The number of aryl methyl sites for hydroxylation is 1. The van der Waals surface area contributed by atoms with Crippen LogP contribution in [0.3, 0.4) is 0 Å². The number of aliphatic hydroxyl groups excluding tert-OH is 1. The summed E-state index contributed by atoms with van der Waals surface area (Å²) in [5.41, 5.74) is 7.70. The molecule has 0 aliphatic rings. The van der Waals surface area contributed by atoms with Gasteiger partial charge in [-0.05, 0) is 32.0 Å². The van der Waals surface area contributed by atoms with Gasteiger partial charge >= 0.3 is 0 Å². The number of carbonyl (C=O) groups is 2. The predicted molar refractivity (Wildman–Crippen MR) is 80.1 cm³/mol. The molecule has 22 heavy (non-hydrogen) atoms. The van der Waals surface area contributed by atoms with Crippen LogP contribution in [-0.2, 0) is 6.54 Å². The molecule has 2 rings (SSSR count). The van der Waals surface area contributed by atoms with Crippen molar-refractivity contribution in [3.05, 3.63) is 52.6 Å². The highest BCUT2D eigenvalue weighted by atomic mass is 16.3. The molecular weight excluding hydrogens is 284 g/mol. The Kier molecular flexibility index (Phi) is 4.57. The highest BCUT2D eigenvalue weighted by Gasteiger charge is 2.11. The summed E-state index contributed by atoms with van der Waals surface area (Å²) in [7, 11) is 0. The molecule has 7 nitrogen and oxygen atoms in total. The van der Waals surface area contributed by atoms with Gasteiger partial charge in [0.25, 0.3) is 11.8 Å². The number of carbonyl (C=O) groups excluding carboxylic acids is 2. The molecule has 2 aromatic rings. The second-order valence-corrected chi connectivity index (χ2v) is 4.99. The summed E-state index contributed by atoms with van der Waals surface area (Å²) in [5, 5.41) is 12.3. The van der Waals surface area contributed by atoms with Gasteiger partial charge in [0.15, 0.2) is 0 Å². The third-order valence-corrected chi connectivity index (χ3v) is 3.26. The van der Waals surface area contributed by atoms with Crippen LogP contribution in [0.15, 0.2) is 24.3 Å². The van der Waals surface area contributed by atoms with Crippen molar-refractivity contribution in [1.29, 1.82) is 0 Å². The molecule has 7 heteroatoms. The number of primary amides is 1. The van der Waals surface area contributed by atoms with E-state index in [4.69, 9.17) is 5.73 Å². The molecule has 2 amide bonds. The summed E-state index contributed by atoms with van der Waals surface area (Å²) in [6.45, 7) is 3.72.